The molecule has 1 aliphatic carbocycles. The maximum Gasteiger partial charge on any atom is 0.407 e. The van der Waals surface area contributed by atoms with E-state index in [4.69, 9.17) is 38.7 Å². The lowest BCUT2D eigenvalue weighted by molar-refractivity contribution is -0.348. The molecular weight excluding hydrogens is 652 g/mol. The van der Waals surface area contributed by atoms with Crippen LogP contribution < -0.4 is 10.1 Å². The van der Waals surface area contributed by atoms with Crippen molar-refractivity contribution >= 4 is 11.8 Å². The highest BCUT2D eigenvalue weighted by molar-refractivity contribution is 5.79. The van der Waals surface area contributed by atoms with Crippen molar-refractivity contribution in [2.24, 2.45) is 5.11 Å². The number of azide groups is 1. The van der Waals surface area contributed by atoms with Crippen LogP contribution in [0.25, 0.3) is 21.6 Å². The Balaban J connectivity index is 1.13. The van der Waals surface area contributed by atoms with Crippen molar-refractivity contribution in [3.8, 4) is 16.9 Å². The summed E-state index contributed by atoms with van der Waals surface area (Å²) in [7, 11) is 1.61. The van der Waals surface area contributed by atoms with Crippen LogP contribution in [-0.4, -0.2) is 63.7 Å². The van der Waals surface area contributed by atoms with E-state index in [9.17, 15) is 4.79 Å². The van der Waals surface area contributed by atoms with Gasteiger partial charge in [0.2, 0.25) is 0 Å². The molecule has 0 aromatic heterocycles. The Morgan fingerprint density at radius 1 is 0.961 bits per heavy atom. The van der Waals surface area contributed by atoms with Crippen LogP contribution in [0.3, 0.4) is 0 Å². The summed E-state index contributed by atoms with van der Waals surface area (Å²) in [5, 5.41) is 6.65. The lowest BCUT2D eigenvalue weighted by Crippen LogP contribution is -2.67. The first-order chi connectivity index (χ1) is 25.1. The minimum Gasteiger partial charge on any atom is -0.497 e. The number of benzene rings is 4. The first kappa shape index (κ1) is 34.3. The van der Waals surface area contributed by atoms with Gasteiger partial charge < -0.3 is 38.5 Å². The van der Waals surface area contributed by atoms with Crippen molar-refractivity contribution in [1.82, 2.24) is 5.32 Å². The Morgan fingerprint density at radius 3 is 2.33 bits per heavy atom. The van der Waals surface area contributed by atoms with Gasteiger partial charge in [-0.25, -0.2) is 4.79 Å². The normalized spacial score (nSPS) is 23.5. The number of hydrogen-bond acceptors (Lipinski definition) is 9. The average Bonchev–Trinajstić information content (AvgIpc) is 3.49. The fourth-order valence-electron chi connectivity index (χ4n) is 6.84. The summed E-state index contributed by atoms with van der Waals surface area (Å²) in [6, 6.07) is 29.9. The molecule has 1 amide bonds. The summed E-state index contributed by atoms with van der Waals surface area (Å²) >= 11 is 0. The molecule has 7 rings (SSSR count). The molecule has 4 aromatic rings. The summed E-state index contributed by atoms with van der Waals surface area (Å²) in [5.74, 6) is 0.606. The predicted octanol–water partition coefficient (Wildman–Crippen LogP) is 7.47. The topological polar surface area (TPSA) is 142 Å². The van der Waals surface area contributed by atoms with Gasteiger partial charge in [0, 0.05) is 22.1 Å². The fourth-order valence-corrected chi connectivity index (χ4v) is 6.84. The molecule has 0 radical (unpaired) electrons. The highest BCUT2D eigenvalue weighted by Crippen LogP contribution is 2.44. The molecule has 6 atom stereocenters. The number of rotatable bonds is 12. The Kier molecular flexibility index (Phi) is 10.6. The molecule has 12 nitrogen and oxygen atoms in total. The molecule has 2 heterocycles. The van der Waals surface area contributed by atoms with Crippen LogP contribution in [0.1, 0.15) is 34.5 Å². The molecule has 0 saturated carbocycles. The zero-order chi connectivity index (χ0) is 35.2. The number of hydrogen-bond donors (Lipinski definition) is 1. The van der Waals surface area contributed by atoms with Crippen LogP contribution in [0.5, 0.6) is 5.75 Å². The maximum absolute atomic E-state index is 13.7. The van der Waals surface area contributed by atoms with Gasteiger partial charge in [-0.2, -0.15) is 0 Å². The van der Waals surface area contributed by atoms with E-state index >= 15 is 0 Å². The highest BCUT2D eigenvalue weighted by Gasteiger charge is 2.52. The number of ether oxygens (including phenoxy) is 7. The van der Waals surface area contributed by atoms with Crippen LogP contribution in [0, 0.1) is 0 Å². The van der Waals surface area contributed by atoms with E-state index in [0.29, 0.717) is 11.3 Å². The van der Waals surface area contributed by atoms with Gasteiger partial charge in [-0.05, 0) is 45.5 Å². The van der Waals surface area contributed by atoms with E-state index < -0.39 is 43.0 Å². The zero-order valence-corrected chi connectivity index (χ0v) is 28.0. The third kappa shape index (κ3) is 7.47. The summed E-state index contributed by atoms with van der Waals surface area (Å²) in [5.41, 5.74) is 15.4. The van der Waals surface area contributed by atoms with Crippen LogP contribution in [0.4, 0.5) is 10.5 Å². The van der Waals surface area contributed by atoms with Crippen molar-refractivity contribution in [3.05, 3.63) is 142 Å². The Labute approximate surface area is 295 Å². The number of nitrogens with one attached hydrogen (secondary N) is 1. The van der Waals surface area contributed by atoms with Crippen molar-refractivity contribution in [1.29, 1.82) is 0 Å². The second kappa shape index (κ2) is 15.8. The first-order valence-electron chi connectivity index (χ1n) is 16.7. The van der Waals surface area contributed by atoms with E-state index in [1.807, 2.05) is 48.5 Å². The number of nitrogens with zero attached hydrogens (tertiary/aromatic N) is 3. The van der Waals surface area contributed by atoms with Crippen molar-refractivity contribution < 1.29 is 38.0 Å². The molecule has 1 N–H and O–H groups in total. The predicted molar refractivity (Wildman–Crippen MR) is 187 cm³/mol. The number of carbonyl (C=O) groups is 1. The third-order valence-corrected chi connectivity index (χ3v) is 9.27. The van der Waals surface area contributed by atoms with Crippen LogP contribution in [-0.2, 0) is 35.0 Å². The molecule has 3 aliphatic rings. The van der Waals surface area contributed by atoms with E-state index in [-0.39, 0.29) is 32.3 Å². The average molecular weight is 691 g/mol. The molecule has 12 heteroatoms. The summed E-state index contributed by atoms with van der Waals surface area (Å²) in [4.78, 5) is 16.5. The quantitative estimate of drug-likeness (QED) is 0.0698. The smallest absolute Gasteiger partial charge is 0.407 e. The molecule has 0 bridgehead atoms. The Bertz CT molecular complexity index is 1840. The van der Waals surface area contributed by atoms with E-state index in [1.165, 1.54) is 0 Å². The van der Waals surface area contributed by atoms with Gasteiger partial charge in [-0.3, -0.25) is 0 Å². The lowest BCUT2D eigenvalue weighted by Gasteiger charge is -2.49. The van der Waals surface area contributed by atoms with Gasteiger partial charge >= 0.3 is 6.09 Å². The molecule has 0 spiro atoms. The van der Waals surface area contributed by atoms with Crippen LogP contribution in [0.15, 0.2) is 115 Å². The summed E-state index contributed by atoms with van der Waals surface area (Å²) < 4.78 is 42.9. The Hall–Kier alpha value is -5.20. The third-order valence-electron chi connectivity index (χ3n) is 9.27. The summed E-state index contributed by atoms with van der Waals surface area (Å²) in [6.07, 6.45) is -2.76. The Morgan fingerprint density at radius 2 is 1.67 bits per heavy atom. The largest absolute Gasteiger partial charge is 0.497 e. The van der Waals surface area contributed by atoms with Crippen molar-refractivity contribution in [3.63, 3.8) is 0 Å². The molecular formula is C39H38N4O8. The van der Waals surface area contributed by atoms with Gasteiger partial charge in [0.05, 0.1) is 26.9 Å². The van der Waals surface area contributed by atoms with Crippen molar-refractivity contribution in [2.45, 2.75) is 49.5 Å². The van der Waals surface area contributed by atoms with Gasteiger partial charge in [0.15, 0.2) is 12.6 Å². The molecule has 4 aromatic carbocycles. The number of alkyl carbamates (subject to hydrolysis) is 1. The minimum atomic E-state index is -0.933. The van der Waals surface area contributed by atoms with Crippen LogP contribution >= 0.6 is 0 Å². The molecule has 1 unspecified atom stereocenters. The number of fused-ring (bicyclic) bond motifs is 4. The van der Waals surface area contributed by atoms with Gasteiger partial charge in [-0.1, -0.05) is 96.1 Å². The monoisotopic (exact) mass is 690 g/mol. The van der Waals surface area contributed by atoms with Crippen LogP contribution in [0.2, 0.25) is 0 Å². The summed E-state index contributed by atoms with van der Waals surface area (Å²) in [6.45, 7) is 4.45. The molecule has 2 fully saturated rings. The zero-order valence-electron chi connectivity index (χ0n) is 28.0. The number of carbonyl (C=O) groups excluding carboxylic acids is 1. The van der Waals surface area contributed by atoms with E-state index in [0.717, 1.165) is 33.6 Å². The lowest BCUT2D eigenvalue weighted by atomic mass is 9.95. The van der Waals surface area contributed by atoms with Gasteiger partial charge in [-0.15, -0.1) is 6.58 Å². The molecule has 51 heavy (non-hydrogen) atoms. The SMILES string of the molecule is C=CCO[C@H]1O[C@@H]2COC(c3ccc(N=[N+]=[N-])cc3)O[C@H]2[C@H](OCc2ccc(OC)cc2)[C@H]1NC(=O)OCC1c2ccccc2-c2ccccc21. The van der Waals surface area contributed by atoms with E-state index in [2.05, 4.69) is 46.2 Å². The van der Waals surface area contributed by atoms with Gasteiger partial charge in [0.25, 0.3) is 0 Å². The van der Waals surface area contributed by atoms with Gasteiger partial charge in [0.1, 0.15) is 36.7 Å². The maximum atomic E-state index is 13.7. The fraction of sp³-hybridized carbons (Fsp3) is 0.308. The number of methoxy groups -OCH3 is 1. The second-order valence-electron chi connectivity index (χ2n) is 12.3. The van der Waals surface area contributed by atoms with E-state index in [1.54, 1.807) is 37.5 Å². The number of amides is 1. The molecule has 2 saturated heterocycles. The standard InChI is InChI=1S/C39H38N4O8/c1-3-20-46-38-34(41-39(44)49-22-32-30-10-6-4-8-28(30)29-9-5-7-11-31(29)32)36(47-21-24-12-18-27(45-2)19-13-24)35-33(50-38)23-48-37(51-35)25-14-16-26(17-15-25)42-43-40/h3-19,32-38H,1,20-23H2,2H3,(H,41,44)/t33-,34-,35-,36-,37?,38+/m1/s1. The molecule has 2 aliphatic heterocycles. The molecule has 262 valence electrons. The minimum absolute atomic E-state index is 0.116. The first-order valence-corrected chi connectivity index (χ1v) is 16.7. The van der Waals surface area contributed by atoms with Crippen molar-refractivity contribution in [2.75, 3.05) is 26.9 Å². The second-order valence-corrected chi connectivity index (χ2v) is 12.3. The highest BCUT2D eigenvalue weighted by atomic mass is 16.8.